The Balaban J connectivity index is 2.00. The molecule has 3 aromatic carbocycles. The smallest absolute Gasteiger partial charge is 0.106 e. The van der Waals surface area contributed by atoms with Crippen LogP contribution in [0.1, 0.15) is 5.56 Å². The Morgan fingerprint density at radius 1 is 0.952 bits per heavy atom. The summed E-state index contributed by atoms with van der Waals surface area (Å²) in [4.78, 5) is 0.375. The normalized spacial score (nSPS) is 10.5. The summed E-state index contributed by atoms with van der Waals surface area (Å²) >= 11 is 8.56. The number of halogens is 1. The van der Waals surface area contributed by atoms with Gasteiger partial charge in [0.15, 0.2) is 0 Å². The van der Waals surface area contributed by atoms with Crippen molar-refractivity contribution in [1.29, 1.82) is 0 Å². The Morgan fingerprint density at radius 3 is 2.48 bits per heavy atom. The molecule has 0 spiro atoms. The molecule has 3 aromatic rings. The van der Waals surface area contributed by atoms with Gasteiger partial charge in [0.1, 0.15) is 4.99 Å². The zero-order valence-electron chi connectivity index (χ0n) is 11.1. The van der Waals surface area contributed by atoms with Gasteiger partial charge in [0.2, 0.25) is 0 Å². The lowest BCUT2D eigenvalue weighted by molar-refractivity contribution is 1.52. The van der Waals surface area contributed by atoms with Gasteiger partial charge in [0.05, 0.1) is 0 Å². The summed E-state index contributed by atoms with van der Waals surface area (Å²) in [7, 11) is 0. The first-order valence-electron chi connectivity index (χ1n) is 6.49. The van der Waals surface area contributed by atoms with Gasteiger partial charge in [-0.1, -0.05) is 58.5 Å². The van der Waals surface area contributed by atoms with E-state index in [4.69, 9.17) is 18.0 Å². The highest BCUT2D eigenvalue weighted by Crippen LogP contribution is 2.26. The zero-order chi connectivity index (χ0) is 14.8. The summed E-state index contributed by atoms with van der Waals surface area (Å²) in [5.41, 5.74) is 8.54. The summed E-state index contributed by atoms with van der Waals surface area (Å²) in [6.07, 6.45) is 0. The molecule has 0 amide bonds. The van der Waals surface area contributed by atoms with Gasteiger partial charge >= 0.3 is 0 Å². The summed E-state index contributed by atoms with van der Waals surface area (Å²) < 4.78 is 0.953. The summed E-state index contributed by atoms with van der Waals surface area (Å²) in [6.45, 7) is 0. The summed E-state index contributed by atoms with van der Waals surface area (Å²) in [6, 6.07) is 20.4. The maximum absolute atomic E-state index is 5.80. The Labute approximate surface area is 137 Å². The van der Waals surface area contributed by atoms with Gasteiger partial charge in [0.25, 0.3) is 0 Å². The number of benzene rings is 3. The van der Waals surface area contributed by atoms with Crippen LogP contribution in [0.5, 0.6) is 0 Å². The fourth-order valence-corrected chi connectivity index (χ4v) is 2.78. The number of rotatable bonds is 3. The van der Waals surface area contributed by atoms with E-state index in [1.807, 2.05) is 36.4 Å². The van der Waals surface area contributed by atoms with Crippen molar-refractivity contribution < 1.29 is 0 Å². The number of hydrogen-bond acceptors (Lipinski definition) is 2. The molecule has 0 aliphatic rings. The van der Waals surface area contributed by atoms with Crippen LogP contribution in [0, 0.1) is 0 Å². The zero-order valence-corrected chi connectivity index (χ0v) is 13.5. The molecule has 0 aliphatic carbocycles. The van der Waals surface area contributed by atoms with Crippen LogP contribution in [-0.2, 0) is 0 Å². The Hall–Kier alpha value is -1.91. The molecule has 0 atom stereocenters. The first kappa shape index (κ1) is 14.0. The summed E-state index contributed by atoms with van der Waals surface area (Å²) in [5.74, 6) is 0. The molecule has 0 saturated heterocycles. The van der Waals surface area contributed by atoms with Gasteiger partial charge in [-0.05, 0) is 41.1 Å². The first-order chi connectivity index (χ1) is 10.1. The van der Waals surface area contributed by atoms with Gasteiger partial charge < -0.3 is 11.1 Å². The fourth-order valence-electron chi connectivity index (χ4n) is 2.25. The number of nitrogens with one attached hydrogen (secondary N) is 1. The average Bonchev–Trinajstić information content (AvgIpc) is 2.49. The molecule has 3 rings (SSSR count). The van der Waals surface area contributed by atoms with Crippen LogP contribution >= 0.6 is 28.1 Å². The second kappa shape index (κ2) is 5.84. The molecule has 4 heteroatoms. The van der Waals surface area contributed by atoms with Crippen molar-refractivity contribution in [3.8, 4) is 0 Å². The van der Waals surface area contributed by atoms with Crippen molar-refractivity contribution in [3.05, 3.63) is 70.7 Å². The maximum Gasteiger partial charge on any atom is 0.106 e. The number of nitrogens with two attached hydrogens (primary N) is 1. The van der Waals surface area contributed by atoms with Crippen molar-refractivity contribution in [2.24, 2.45) is 5.73 Å². The van der Waals surface area contributed by atoms with Gasteiger partial charge in [0, 0.05) is 21.4 Å². The van der Waals surface area contributed by atoms with Gasteiger partial charge in [-0.25, -0.2) is 0 Å². The molecule has 3 N–H and O–H groups in total. The minimum Gasteiger partial charge on any atom is -0.389 e. The monoisotopic (exact) mass is 356 g/mol. The molecule has 0 aliphatic heterocycles. The van der Waals surface area contributed by atoms with E-state index in [9.17, 15) is 0 Å². The lowest BCUT2D eigenvalue weighted by atomic mass is 10.1. The predicted molar refractivity (Wildman–Crippen MR) is 97.3 cm³/mol. The van der Waals surface area contributed by atoms with Crippen LogP contribution < -0.4 is 11.1 Å². The summed E-state index contributed by atoms with van der Waals surface area (Å²) in [5, 5.41) is 5.79. The third-order valence-corrected chi connectivity index (χ3v) is 3.99. The fraction of sp³-hybridized carbons (Fsp3) is 0. The highest BCUT2D eigenvalue weighted by Gasteiger charge is 2.06. The van der Waals surface area contributed by atoms with E-state index in [2.05, 4.69) is 45.5 Å². The van der Waals surface area contributed by atoms with E-state index in [0.29, 0.717) is 4.99 Å². The highest BCUT2D eigenvalue weighted by molar-refractivity contribution is 9.10. The third-order valence-electron chi connectivity index (χ3n) is 3.28. The second-order valence-electron chi connectivity index (χ2n) is 4.74. The van der Waals surface area contributed by atoms with E-state index in [1.54, 1.807) is 0 Å². The van der Waals surface area contributed by atoms with E-state index in [-0.39, 0.29) is 0 Å². The molecule has 0 fully saturated rings. The lowest BCUT2D eigenvalue weighted by Gasteiger charge is -2.12. The first-order valence-corrected chi connectivity index (χ1v) is 7.69. The highest BCUT2D eigenvalue weighted by atomic mass is 79.9. The van der Waals surface area contributed by atoms with Crippen molar-refractivity contribution in [2.75, 3.05) is 5.32 Å². The van der Waals surface area contributed by atoms with E-state index < -0.39 is 0 Å². The molecular weight excluding hydrogens is 344 g/mol. The minimum absolute atomic E-state index is 0.375. The third kappa shape index (κ3) is 3.06. The number of anilines is 2. The standard InChI is InChI=1S/C17H13BrN2S/c18-13-6-8-16(15(10-13)17(19)21)20-14-7-5-11-3-1-2-4-12(11)9-14/h1-10,20H,(H2,19,21). The molecule has 21 heavy (non-hydrogen) atoms. The molecule has 0 unspecified atom stereocenters. The molecule has 0 bridgehead atoms. The predicted octanol–water partition coefficient (Wildman–Crippen LogP) is 4.98. The largest absolute Gasteiger partial charge is 0.389 e. The SMILES string of the molecule is NC(=S)c1cc(Br)ccc1Nc1ccc2ccccc2c1. The second-order valence-corrected chi connectivity index (χ2v) is 6.10. The van der Waals surface area contributed by atoms with Crippen molar-refractivity contribution in [2.45, 2.75) is 0 Å². The number of thiocarbonyl (C=S) groups is 1. The van der Waals surface area contributed by atoms with Crippen molar-refractivity contribution in [3.63, 3.8) is 0 Å². The molecular formula is C17H13BrN2S. The molecule has 104 valence electrons. The van der Waals surface area contributed by atoms with Gasteiger partial charge in [-0.3, -0.25) is 0 Å². The Bertz CT molecular complexity index is 830. The quantitative estimate of drug-likeness (QED) is 0.650. The van der Waals surface area contributed by atoms with E-state index in [1.165, 1.54) is 10.8 Å². The van der Waals surface area contributed by atoms with Gasteiger partial charge in [-0.2, -0.15) is 0 Å². The van der Waals surface area contributed by atoms with Crippen LogP contribution in [0.25, 0.3) is 10.8 Å². The molecule has 0 saturated carbocycles. The maximum atomic E-state index is 5.80. The molecule has 0 radical (unpaired) electrons. The Morgan fingerprint density at radius 2 is 1.71 bits per heavy atom. The van der Waals surface area contributed by atoms with Crippen LogP contribution in [0.15, 0.2) is 65.1 Å². The average molecular weight is 357 g/mol. The Kier molecular flexibility index (Phi) is 3.90. The van der Waals surface area contributed by atoms with Gasteiger partial charge in [-0.15, -0.1) is 0 Å². The van der Waals surface area contributed by atoms with Crippen LogP contribution in [0.2, 0.25) is 0 Å². The van der Waals surface area contributed by atoms with Crippen molar-refractivity contribution in [1.82, 2.24) is 0 Å². The number of hydrogen-bond donors (Lipinski definition) is 2. The van der Waals surface area contributed by atoms with Crippen LogP contribution in [0.4, 0.5) is 11.4 Å². The lowest BCUT2D eigenvalue weighted by Crippen LogP contribution is -2.11. The van der Waals surface area contributed by atoms with Crippen LogP contribution in [0.3, 0.4) is 0 Å². The molecule has 2 nitrogen and oxygen atoms in total. The van der Waals surface area contributed by atoms with Crippen molar-refractivity contribution >= 4 is 55.3 Å². The van der Waals surface area contributed by atoms with Crippen LogP contribution in [-0.4, -0.2) is 4.99 Å². The molecule has 0 aromatic heterocycles. The minimum atomic E-state index is 0.375. The topological polar surface area (TPSA) is 38.0 Å². The van der Waals surface area contributed by atoms with E-state index >= 15 is 0 Å². The molecule has 0 heterocycles. The number of fused-ring (bicyclic) bond motifs is 1. The van der Waals surface area contributed by atoms with E-state index in [0.717, 1.165) is 21.4 Å².